The molecule has 1 nitrogen and oxygen atoms in total. The van der Waals surface area contributed by atoms with Crippen LogP contribution in [0.4, 0.5) is 0 Å². The van der Waals surface area contributed by atoms with Gasteiger partial charge in [0, 0.05) is 0 Å². The SMILES string of the molecule is [O]=[Ru]([Cl])([Cl])[Cl]. The third-order valence-corrected chi connectivity index (χ3v) is 0. The molecule has 0 aromatic carbocycles. The molecule has 0 aliphatic heterocycles. The second-order valence-electron chi connectivity index (χ2n) is 0.315. The minimum absolute atomic E-state index is 3.69. The van der Waals surface area contributed by atoms with Gasteiger partial charge in [0.05, 0.1) is 0 Å². The summed E-state index contributed by atoms with van der Waals surface area (Å²) in [7, 11) is 14.0. The summed E-state index contributed by atoms with van der Waals surface area (Å²) in [6, 6.07) is 0. The van der Waals surface area contributed by atoms with Crippen molar-refractivity contribution in [1.29, 1.82) is 0 Å². The van der Waals surface area contributed by atoms with Gasteiger partial charge in [-0.05, 0) is 0 Å². The van der Waals surface area contributed by atoms with Gasteiger partial charge in [-0.25, -0.2) is 0 Å². The van der Waals surface area contributed by atoms with Crippen molar-refractivity contribution in [2.75, 3.05) is 0 Å². The van der Waals surface area contributed by atoms with Gasteiger partial charge in [0.15, 0.2) is 0 Å². The molecule has 0 aliphatic rings. The summed E-state index contributed by atoms with van der Waals surface area (Å²) in [6.07, 6.45) is 0. The molecule has 0 saturated carbocycles. The standard InChI is InChI=1S/3ClH.O.Ru/h3*1H;;/q;;;;+3/p-3. The first kappa shape index (κ1) is 6.29. The van der Waals surface area contributed by atoms with Crippen molar-refractivity contribution in [1.82, 2.24) is 0 Å². The van der Waals surface area contributed by atoms with Crippen molar-refractivity contribution in [3.63, 3.8) is 0 Å². The van der Waals surface area contributed by atoms with Gasteiger partial charge in [0.1, 0.15) is 0 Å². The van der Waals surface area contributed by atoms with Crippen molar-refractivity contribution in [3.8, 4) is 0 Å². The molecule has 0 N–H and O–H groups in total. The van der Waals surface area contributed by atoms with E-state index in [4.69, 9.17) is 0 Å². The van der Waals surface area contributed by atoms with Crippen LogP contribution in [0, 0.1) is 0 Å². The van der Waals surface area contributed by atoms with Gasteiger partial charge < -0.3 is 0 Å². The molecule has 5 heavy (non-hydrogen) atoms. The van der Waals surface area contributed by atoms with Gasteiger partial charge in [0.25, 0.3) is 0 Å². The third kappa shape index (κ3) is 34.3. The molecule has 35 valence electrons. The molecular formula is Cl3ORu. The Morgan fingerprint density at radius 3 is 1.20 bits per heavy atom. The Hall–Kier alpha value is 1.29. The topological polar surface area (TPSA) is 17.1 Å². The molecule has 0 radical (unpaired) electrons. The molecule has 0 aliphatic carbocycles. The van der Waals surface area contributed by atoms with Crippen molar-refractivity contribution in [2.45, 2.75) is 0 Å². The summed E-state index contributed by atoms with van der Waals surface area (Å²) < 4.78 is 9.57. The van der Waals surface area contributed by atoms with Crippen LogP contribution < -0.4 is 0 Å². The van der Waals surface area contributed by atoms with Gasteiger partial charge in [-0.15, -0.1) is 0 Å². The number of hydrogen-bond donors (Lipinski definition) is 0. The third-order valence-electron chi connectivity index (χ3n) is 0. The summed E-state index contributed by atoms with van der Waals surface area (Å²) in [4.78, 5) is 0. The van der Waals surface area contributed by atoms with E-state index in [1.54, 1.807) is 0 Å². The van der Waals surface area contributed by atoms with E-state index in [1.807, 2.05) is 0 Å². The van der Waals surface area contributed by atoms with Crippen LogP contribution in [0.15, 0.2) is 0 Å². The normalized spacial score (nSPS) is 15.0. The Balaban J connectivity index is 3.47. The fourth-order valence-electron chi connectivity index (χ4n) is 0. The molecule has 0 bridgehead atoms. The maximum atomic E-state index is 9.57. The van der Waals surface area contributed by atoms with E-state index >= 15 is 0 Å². The van der Waals surface area contributed by atoms with E-state index in [0.29, 0.717) is 0 Å². The molecule has 0 heterocycles. The number of rotatable bonds is 0. The van der Waals surface area contributed by atoms with E-state index in [-0.39, 0.29) is 0 Å². The van der Waals surface area contributed by atoms with Crippen molar-refractivity contribution < 1.29 is 15.3 Å². The second kappa shape index (κ2) is 1.83. The first-order valence-corrected chi connectivity index (χ1v) is 7.97. The molecular weight excluding hydrogens is 223 g/mol. The van der Waals surface area contributed by atoms with Crippen LogP contribution in [-0.4, -0.2) is 0 Å². The molecule has 0 rings (SSSR count). The summed E-state index contributed by atoms with van der Waals surface area (Å²) in [5.74, 6) is 0. The van der Waals surface area contributed by atoms with Crippen LogP contribution in [-0.2, 0) is 15.3 Å². The molecule has 0 aromatic rings. The van der Waals surface area contributed by atoms with E-state index in [1.165, 1.54) is 0 Å². The Morgan fingerprint density at radius 2 is 1.20 bits per heavy atom. The van der Waals surface area contributed by atoms with Crippen molar-refractivity contribution in [3.05, 3.63) is 0 Å². The second-order valence-corrected chi connectivity index (χ2v) is 11.0. The molecule has 5 heteroatoms. The van der Waals surface area contributed by atoms with Crippen LogP contribution in [0.3, 0.4) is 0 Å². The molecule has 0 atom stereocenters. The average molecular weight is 223 g/mol. The van der Waals surface area contributed by atoms with Gasteiger partial charge in [0.2, 0.25) is 0 Å². The van der Waals surface area contributed by atoms with E-state index in [2.05, 4.69) is 29.1 Å². The predicted octanol–water partition coefficient (Wildman–Crippen LogP) is 1.95. The summed E-state index contributed by atoms with van der Waals surface area (Å²) in [5.41, 5.74) is 0. The maximum absolute atomic E-state index is 9.57. The quantitative estimate of drug-likeness (QED) is 0.574. The van der Waals surface area contributed by atoms with Crippen LogP contribution in [0.2, 0.25) is 0 Å². The zero-order valence-corrected chi connectivity index (χ0v) is 5.90. The first-order chi connectivity index (χ1) is 2.00. The van der Waals surface area contributed by atoms with Gasteiger partial charge in [-0.2, -0.15) is 0 Å². The molecule has 0 saturated heterocycles. The zero-order valence-electron chi connectivity index (χ0n) is 1.90. The van der Waals surface area contributed by atoms with Gasteiger partial charge in [-0.1, -0.05) is 0 Å². The van der Waals surface area contributed by atoms with Gasteiger partial charge >= 0.3 is 44.4 Å². The monoisotopic (exact) mass is 223 g/mol. The van der Waals surface area contributed by atoms with Crippen LogP contribution in [0.25, 0.3) is 0 Å². The summed E-state index contributed by atoms with van der Waals surface area (Å²) >= 11 is -3.69. The molecule has 0 amide bonds. The number of halogens is 3. The Morgan fingerprint density at radius 1 is 1.20 bits per heavy atom. The average Bonchev–Trinajstić information content (AvgIpc) is 0.722. The summed E-state index contributed by atoms with van der Waals surface area (Å²) in [5, 5.41) is 0. The van der Waals surface area contributed by atoms with E-state index < -0.39 is 11.8 Å². The Labute approximate surface area is 44.4 Å². The fraction of sp³-hybridized carbons (Fsp3) is 0. The van der Waals surface area contributed by atoms with Crippen molar-refractivity contribution >= 4 is 29.1 Å². The molecule has 0 unspecified atom stereocenters. The molecule has 0 spiro atoms. The predicted molar refractivity (Wildman–Crippen MR) is 18.2 cm³/mol. The van der Waals surface area contributed by atoms with Crippen LogP contribution in [0.5, 0.6) is 0 Å². The first-order valence-electron chi connectivity index (χ1n) is 0.545. The Kier molecular flexibility index (Phi) is 2.31. The number of hydrogen-bond acceptors (Lipinski definition) is 1. The van der Waals surface area contributed by atoms with Crippen LogP contribution in [0.1, 0.15) is 0 Å². The molecule has 0 aromatic heterocycles. The van der Waals surface area contributed by atoms with Gasteiger partial charge in [-0.3, -0.25) is 0 Å². The van der Waals surface area contributed by atoms with Crippen LogP contribution >= 0.6 is 29.1 Å². The molecule has 0 fully saturated rings. The summed E-state index contributed by atoms with van der Waals surface area (Å²) in [6.45, 7) is 0. The zero-order chi connectivity index (χ0) is 4.50. The minimum atomic E-state index is -3.69. The van der Waals surface area contributed by atoms with E-state index in [0.717, 1.165) is 0 Å². The fourth-order valence-corrected chi connectivity index (χ4v) is 0. The Bertz CT molecular complexity index is 53.0. The van der Waals surface area contributed by atoms with Crippen molar-refractivity contribution in [2.24, 2.45) is 0 Å². The van der Waals surface area contributed by atoms with E-state index in [9.17, 15) is 3.57 Å².